The number of nitrogens with one attached hydrogen (secondary N) is 1. The number of aromatic nitrogens is 6. The summed E-state index contributed by atoms with van der Waals surface area (Å²) in [6.45, 7) is 0.207. The molecule has 5 aromatic rings. The van der Waals surface area contributed by atoms with E-state index >= 15 is 0 Å². The molecule has 182 valence electrons. The van der Waals surface area contributed by atoms with Crippen molar-refractivity contribution < 1.29 is 18.0 Å². The van der Waals surface area contributed by atoms with E-state index in [4.69, 9.17) is 23.2 Å². The van der Waals surface area contributed by atoms with E-state index in [-0.39, 0.29) is 29.4 Å². The standard InChI is InChI=1S/C23H14Cl2F3N7O/c24-16-2-1-3-17(25)15(16)10-34-11-29-23(33-34)32-22(36)14-9-30-35-19(20(27)28)8-18(31-21(14)35)12-4-6-13(26)7-5-12/h1-9,11,20H,10H2,(H,32,33,36). The number of hydrogen-bond donors (Lipinski definition) is 1. The Bertz CT molecular complexity index is 1560. The SMILES string of the molecule is O=C(Nc1ncn(Cc2c(Cl)cccc2Cl)n1)c1cnn2c(C(F)F)cc(-c3ccc(F)cc3)nc12. The highest BCUT2D eigenvalue weighted by molar-refractivity contribution is 6.36. The minimum atomic E-state index is -2.90. The fourth-order valence-corrected chi connectivity index (χ4v) is 4.03. The number of anilines is 1. The van der Waals surface area contributed by atoms with Gasteiger partial charge in [0.25, 0.3) is 12.3 Å². The molecule has 0 atom stereocenters. The van der Waals surface area contributed by atoms with Crippen LogP contribution in [0.3, 0.4) is 0 Å². The van der Waals surface area contributed by atoms with Crippen LogP contribution in [0, 0.1) is 5.82 Å². The molecule has 13 heteroatoms. The summed E-state index contributed by atoms with van der Waals surface area (Å²) in [4.78, 5) is 21.3. The van der Waals surface area contributed by atoms with Crippen molar-refractivity contribution in [2.24, 2.45) is 0 Å². The summed E-state index contributed by atoms with van der Waals surface area (Å²) < 4.78 is 43.2. The Balaban J connectivity index is 1.44. The molecule has 1 amide bonds. The maximum Gasteiger partial charge on any atom is 0.280 e. The molecule has 0 unspecified atom stereocenters. The molecule has 36 heavy (non-hydrogen) atoms. The molecule has 0 spiro atoms. The first kappa shape index (κ1) is 23.8. The number of halogens is 5. The van der Waals surface area contributed by atoms with Crippen molar-refractivity contribution in [2.45, 2.75) is 13.0 Å². The summed E-state index contributed by atoms with van der Waals surface area (Å²) in [6.07, 6.45) is -0.400. The van der Waals surface area contributed by atoms with E-state index in [0.29, 0.717) is 21.2 Å². The zero-order chi connectivity index (χ0) is 25.4. The van der Waals surface area contributed by atoms with Crippen LogP contribution >= 0.6 is 23.2 Å². The number of benzene rings is 2. The summed E-state index contributed by atoms with van der Waals surface area (Å²) in [5.74, 6) is -1.23. The third-order valence-electron chi connectivity index (χ3n) is 5.25. The highest BCUT2D eigenvalue weighted by Crippen LogP contribution is 2.28. The minimum Gasteiger partial charge on any atom is -0.289 e. The molecule has 2 aromatic carbocycles. The molecule has 0 radical (unpaired) electrons. The lowest BCUT2D eigenvalue weighted by molar-refractivity contribution is 0.102. The van der Waals surface area contributed by atoms with Gasteiger partial charge in [-0.25, -0.2) is 32.3 Å². The fourth-order valence-electron chi connectivity index (χ4n) is 3.51. The fraction of sp³-hybridized carbons (Fsp3) is 0.0870. The van der Waals surface area contributed by atoms with E-state index < -0.39 is 23.8 Å². The monoisotopic (exact) mass is 531 g/mol. The van der Waals surface area contributed by atoms with E-state index in [1.807, 2.05) is 0 Å². The lowest BCUT2D eigenvalue weighted by atomic mass is 10.1. The first-order chi connectivity index (χ1) is 17.3. The third kappa shape index (κ3) is 4.62. The quantitative estimate of drug-likeness (QED) is 0.304. The van der Waals surface area contributed by atoms with Gasteiger partial charge in [0.05, 0.1) is 18.4 Å². The molecule has 0 fully saturated rings. The number of alkyl halides is 2. The number of carbonyl (C=O) groups excluding carboxylic acids is 1. The summed E-state index contributed by atoms with van der Waals surface area (Å²) in [5, 5.41) is 11.5. The van der Waals surface area contributed by atoms with Crippen molar-refractivity contribution >= 4 is 40.7 Å². The zero-order valence-corrected chi connectivity index (χ0v) is 19.6. The van der Waals surface area contributed by atoms with Gasteiger partial charge in [-0.2, -0.15) is 5.10 Å². The number of nitrogens with zero attached hydrogens (tertiary/aromatic N) is 6. The molecule has 1 N–H and O–H groups in total. The van der Waals surface area contributed by atoms with Gasteiger partial charge >= 0.3 is 0 Å². The van der Waals surface area contributed by atoms with Gasteiger partial charge in [-0.15, -0.1) is 5.10 Å². The van der Waals surface area contributed by atoms with Crippen LogP contribution in [0.15, 0.2) is 61.1 Å². The van der Waals surface area contributed by atoms with Crippen LogP contribution in [0.1, 0.15) is 28.0 Å². The summed E-state index contributed by atoms with van der Waals surface area (Å²) >= 11 is 12.4. The van der Waals surface area contributed by atoms with E-state index in [0.717, 1.165) is 16.8 Å². The summed E-state index contributed by atoms with van der Waals surface area (Å²) in [6, 6.07) is 11.4. The third-order valence-corrected chi connectivity index (χ3v) is 5.96. The second kappa shape index (κ2) is 9.59. The molecule has 3 heterocycles. The molecule has 0 aliphatic heterocycles. The van der Waals surface area contributed by atoms with Crippen molar-refractivity contribution in [3.05, 3.63) is 93.7 Å². The van der Waals surface area contributed by atoms with E-state index in [1.165, 1.54) is 35.3 Å². The van der Waals surface area contributed by atoms with E-state index in [2.05, 4.69) is 25.5 Å². The molecule has 3 aromatic heterocycles. The smallest absolute Gasteiger partial charge is 0.280 e. The lowest BCUT2D eigenvalue weighted by Gasteiger charge is -2.08. The lowest BCUT2D eigenvalue weighted by Crippen LogP contribution is -2.14. The molecule has 8 nitrogen and oxygen atoms in total. The minimum absolute atomic E-state index is 0.0358. The Morgan fingerprint density at radius 1 is 1.08 bits per heavy atom. The molecular formula is C23H14Cl2F3N7O. The van der Waals surface area contributed by atoms with Gasteiger partial charge in [-0.05, 0) is 42.5 Å². The van der Waals surface area contributed by atoms with Crippen molar-refractivity contribution in [1.82, 2.24) is 29.4 Å². The van der Waals surface area contributed by atoms with Crippen LogP contribution in [-0.2, 0) is 6.54 Å². The topological polar surface area (TPSA) is 90.0 Å². The number of rotatable bonds is 6. The second-order valence-electron chi connectivity index (χ2n) is 7.59. The predicted octanol–water partition coefficient (Wildman–Crippen LogP) is 5.67. The summed E-state index contributed by atoms with van der Waals surface area (Å²) in [7, 11) is 0. The van der Waals surface area contributed by atoms with Crippen LogP contribution in [0.4, 0.5) is 19.1 Å². The van der Waals surface area contributed by atoms with Crippen molar-refractivity contribution in [3.63, 3.8) is 0 Å². The van der Waals surface area contributed by atoms with Crippen LogP contribution in [0.2, 0.25) is 10.0 Å². The van der Waals surface area contributed by atoms with Gasteiger partial charge in [0.15, 0.2) is 5.65 Å². The number of hydrogen-bond acceptors (Lipinski definition) is 5. The van der Waals surface area contributed by atoms with Crippen molar-refractivity contribution in [2.75, 3.05) is 5.32 Å². The maximum absolute atomic E-state index is 13.8. The number of carbonyl (C=O) groups is 1. The second-order valence-corrected chi connectivity index (χ2v) is 8.40. The Hall–Kier alpha value is -3.96. The molecule has 0 bridgehead atoms. The Morgan fingerprint density at radius 2 is 1.81 bits per heavy atom. The average molecular weight is 532 g/mol. The first-order valence-corrected chi connectivity index (χ1v) is 11.1. The van der Waals surface area contributed by atoms with Crippen LogP contribution in [-0.4, -0.2) is 35.3 Å². The molecule has 5 rings (SSSR count). The Morgan fingerprint density at radius 3 is 2.50 bits per heavy atom. The van der Waals surface area contributed by atoms with Gasteiger partial charge in [0, 0.05) is 21.2 Å². The largest absolute Gasteiger partial charge is 0.289 e. The van der Waals surface area contributed by atoms with Gasteiger partial charge in [0.1, 0.15) is 23.4 Å². The van der Waals surface area contributed by atoms with Gasteiger partial charge in [-0.1, -0.05) is 29.3 Å². The zero-order valence-electron chi connectivity index (χ0n) is 18.0. The molecule has 0 saturated heterocycles. The highest BCUT2D eigenvalue weighted by atomic mass is 35.5. The van der Waals surface area contributed by atoms with Gasteiger partial charge in [0.2, 0.25) is 5.95 Å². The van der Waals surface area contributed by atoms with Crippen LogP contribution < -0.4 is 5.32 Å². The Labute approximate surface area is 211 Å². The Kier molecular flexibility index (Phi) is 6.33. The predicted molar refractivity (Wildman–Crippen MR) is 127 cm³/mol. The van der Waals surface area contributed by atoms with Gasteiger partial charge in [-0.3, -0.25) is 10.1 Å². The average Bonchev–Trinajstić information content (AvgIpc) is 3.48. The first-order valence-electron chi connectivity index (χ1n) is 10.4. The molecule has 0 aliphatic carbocycles. The van der Waals surface area contributed by atoms with E-state index in [9.17, 15) is 18.0 Å². The molecule has 0 saturated carbocycles. The highest BCUT2D eigenvalue weighted by Gasteiger charge is 2.22. The van der Waals surface area contributed by atoms with Crippen LogP contribution in [0.25, 0.3) is 16.9 Å². The van der Waals surface area contributed by atoms with Crippen molar-refractivity contribution in [1.29, 1.82) is 0 Å². The van der Waals surface area contributed by atoms with Crippen LogP contribution in [0.5, 0.6) is 0 Å². The number of amides is 1. The maximum atomic E-state index is 13.8. The van der Waals surface area contributed by atoms with Crippen molar-refractivity contribution in [3.8, 4) is 11.3 Å². The summed E-state index contributed by atoms with van der Waals surface area (Å²) in [5.41, 5.74) is 0.498. The molecular weight excluding hydrogens is 518 g/mol. The molecule has 0 aliphatic rings. The van der Waals surface area contributed by atoms with E-state index in [1.54, 1.807) is 18.2 Å². The normalized spacial score (nSPS) is 11.4. The van der Waals surface area contributed by atoms with Gasteiger partial charge < -0.3 is 0 Å². The number of fused-ring (bicyclic) bond motifs is 1.